The Morgan fingerprint density at radius 1 is 0.402 bits per heavy atom. The molecule has 8 aromatic carbocycles. The molecule has 0 amide bonds. The summed E-state index contributed by atoms with van der Waals surface area (Å²) in [5.41, 5.74) is 21.2. The second-order valence-electron chi connectivity index (χ2n) is 29.6. The van der Waals surface area contributed by atoms with Gasteiger partial charge in [0.1, 0.15) is 0 Å². The van der Waals surface area contributed by atoms with E-state index in [4.69, 9.17) is 0 Å². The number of benzene rings is 8. The maximum atomic E-state index is 9.96. The number of halogens is 2. The molecule has 0 aromatic heterocycles. The maximum absolute atomic E-state index is 9.96. The number of hydrogen-bond donors (Lipinski definition) is 0. The molecule has 11 rings (SSSR count). The van der Waals surface area contributed by atoms with Crippen LogP contribution in [0.1, 0.15) is 70.0 Å². The van der Waals surface area contributed by atoms with Gasteiger partial charge in [0.05, 0.1) is 0 Å². The van der Waals surface area contributed by atoms with Crippen LogP contribution < -0.4 is 34.4 Å². The Hall–Kier alpha value is -4.21. The Kier molecular flexibility index (Phi) is 15.7. The average Bonchev–Trinajstić information content (AvgIpc) is 1.48. The molecule has 3 aliphatic rings. The van der Waals surface area contributed by atoms with Crippen molar-refractivity contribution in [1.29, 1.82) is 0 Å². The number of fused-ring (bicyclic) bond motifs is 5. The summed E-state index contributed by atoms with van der Waals surface area (Å²) in [7, 11) is 11.8. The van der Waals surface area contributed by atoms with Gasteiger partial charge in [-0.15, -0.1) is 0 Å². The molecule has 82 heavy (non-hydrogen) atoms. The molecule has 421 valence electrons. The van der Waals surface area contributed by atoms with Gasteiger partial charge < -0.3 is 0 Å². The summed E-state index contributed by atoms with van der Waals surface area (Å²) in [6.45, 7) is 39.8. The molecule has 0 bridgehead atoms. The third-order valence-electron chi connectivity index (χ3n) is 18.4. The zero-order valence-corrected chi connectivity index (χ0v) is 61.3. The third-order valence-corrected chi connectivity index (χ3v) is 49.2. The van der Waals surface area contributed by atoms with Crippen molar-refractivity contribution in [3.05, 3.63) is 197 Å². The van der Waals surface area contributed by atoms with E-state index in [9.17, 15) is 17.0 Å². The van der Waals surface area contributed by atoms with E-state index in [1.807, 2.05) is 0 Å². The minimum atomic E-state index is -6.04. The summed E-state index contributed by atoms with van der Waals surface area (Å²) in [5.74, 6) is 0.754. The number of rotatable bonds is 15. The molecule has 0 nitrogen and oxygen atoms in total. The Morgan fingerprint density at radius 3 is 1.17 bits per heavy atom. The van der Waals surface area contributed by atoms with Crippen LogP contribution in [0.4, 0.5) is 0 Å². The summed E-state index contributed by atoms with van der Waals surface area (Å²) < 4.78 is 0.921. The van der Waals surface area contributed by atoms with Crippen molar-refractivity contribution in [2.75, 3.05) is 0 Å². The van der Waals surface area contributed by atoms with Gasteiger partial charge in [-0.1, -0.05) is 0 Å². The molecule has 8 heteroatoms. The molecule has 0 radical (unpaired) electrons. The second-order valence-corrected chi connectivity index (χ2v) is 72.4. The Balaban J connectivity index is 1.29. The SMILES string of the molecule is CC(C)CC1=Cc2c(ccc(-c3ccccc3)c2-c2cc([Si](C)(C)C)cc([Si](C)(C)C)c2)[CH]1[Zr]([Cl])([Cl])([c]1cccc2c1[SiH2]c1ccccc1-2)[CH]1C(CC(C)C)=Cc2c1ccc(-c1ccccc1)c2-c1cc([Si](C)(C)C)cc([Si](C)(C)C)c1. The zero-order chi connectivity index (χ0) is 58.7. The predicted molar refractivity (Wildman–Crippen MR) is 378 cm³/mol. The van der Waals surface area contributed by atoms with Crippen molar-refractivity contribution in [2.24, 2.45) is 11.8 Å². The molecule has 0 saturated carbocycles. The molecule has 2 unspecified atom stereocenters. The molecular weight excluding hydrogens is 1190 g/mol. The van der Waals surface area contributed by atoms with Crippen LogP contribution in [0.25, 0.3) is 67.8 Å². The third kappa shape index (κ3) is 10.7. The van der Waals surface area contributed by atoms with Gasteiger partial charge in [0.2, 0.25) is 0 Å². The first-order valence-electron chi connectivity index (χ1n) is 30.5. The summed E-state index contributed by atoms with van der Waals surface area (Å²) in [5, 5.41) is 9.05. The molecule has 0 saturated heterocycles. The van der Waals surface area contributed by atoms with Crippen molar-refractivity contribution >= 4 is 105 Å². The van der Waals surface area contributed by atoms with E-state index >= 15 is 0 Å². The molecule has 8 aromatic rings. The van der Waals surface area contributed by atoms with Gasteiger partial charge in [-0.25, -0.2) is 0 Å². The quantitative estimate of drug-likeness (QED) is 0.0898. The molecule has 1 heterocycles. The fraction of sp³-hybridized carbons (Fsp3) is 0.297. The van der Waals surface area contributed by atoms with Crippen molar-refractivity contribution in [2.45, 2.75) is 126 Å². The minimum absolute atomic E-state index is 0.191. The fourth-order valence-electron chi connectivity index (χ4n) is 14.3. The zero-order valence-electron chi connectivity index (χ0n) is 51.9. The van der Waals surface area contributed by atoms with Gasteiger partial charge >= 0.3 is 513 Å². The Morgan fingerprint density at radius 2 is 0.780 bits per heavy atom. The Bertz CT molecular complexity index is 3610. The summed E-state index contributed by atoms with van der Waals surface area (Å²) >= 11 is -6.04. The average molecular weight is 1280 g/mol. The van der Waals surface area contributed by atoms with Gasteiger partial charge in [0, 0.05) is 0 Å². The van der Waals surface area contributed by atoms with Gasteiger partial charge in [0.25, 0.3) is 0 Å². The second kappa shape index (κ2) is 21.6. The van der Waals surface area contributed by atoms with Gasteiger partial charge in [0.15, 0.2) is 0 Å². The van der Waals surface area contributed by atoms with Crippen LogP contribution in [0.5, 0.6) is 0 Å². The standard InChI is InChI=1S/2C31H39Si2.C12H9Si.2ClH.Zr/c2*1-22(2)16-23-17-25-14-15-29(24-12-10-9-11-13-24)31(30(25)18-23)26-19-27(32(3,4)5)21-28(20-26)33(6,7)8;1-3-7-11-9(5-1)10-6-2-4-8-12(10)13-11;;;/h2*9-15,17-22H,16H2,1-8H3;1-7H,13H2;2*1H;/q;;;;;+2/p-2. The van der Waals surface area contributed by atoms with E-state index in [1.165, 1.54) is 123 Å². The van der Waals surface area contributed by atoms with Crippen LogP contribution in [0.15, 0.2) is 175 Å². The van der Waals surface area contributed by atoms with E-state index in [0.717, 1.165) is 12.8 Å². The first-order valence-corrected chi connectivity index (χ1v) is 56.3. The van der Waals surface area contributed by atoms with Crippen molar-refractivity contribution in [3.63, 3.8) is 0 Å². The van der Waals surface area contributed by atoms with Gasteiger partial charge in [-0.05, 0) is 0 Å². The first-order chi connectivity index (χ1) is 38.5. The summed E-state index contributed by atoms with van der Waals surface area (Å²) in [6, 6.07) is 64.3. The number of allylic oxidation sites excluding steroid dienone is 2. The van der Waals surface area contributed by atoms with Crippen molar-refractivity contribution in [3.8, 4) is 55.6 Å². The molecular formula is C74H87Cl2Si5Zr. The topological polar surface area (TPSA) is 0 Å². The molecule has 1 aliphatic heterocycles. The number of hydrogen-bond acceptors (Lipinski definition) is 0. The van der Waals surface area contributed by atoms with Crippen LogP contribution in [0, 0.1) is 11.8 Å². The van der Waals surface area contributed by atoms with E-state index in [2.05, 4.69) is 282 Å². The van der Waals surface area contributed by atoms with E-state index < -0.39 is 58.2 Å². The summed E-state index contributed by atoms with van der Waals surface area (Å²) in [4.78, 5) is 0. The van der Waals surface area contributed by atoms with E-state index in [-0.39, 0.29) is 7.25 Å². The van der Waals surface area contributed by atoms with Gasteiger partial charge in [-0.3, -0.25) is 0 Å². The van der Waals surface area contributed by atoms with Crippen LogP contribution in [-0.4, -0.2) is 41.8 Å². The first kappa shape index (κ1) is 59.5. The molecule has 0 N–H and O–H groups in total. The fourth-order valence-corrected chi connectivity index (χ4v) is 47.1. The van der Waals surface area contributed by atoms with E-state index in [0.29, 0.717) is 11.8 Å². The molecule has 2 atom stereocenters. The molecule has 0 spiro atoms. The van der Waals surface area contributed by atoms with Crippen LogP contribution in [-0.2, 0) is 16.4 Å². The van der Waals surface area contributed by atoms with E-state index in [1.54, 1.807) is 0 Å². The predicted octanol–water partition coefficient (Wildman–Crippen LogP) is 17.6. The van der Waals surface area contributed by atoms with Crippen molar-refractivity contribution in [1.82, 2.24) is 0 Å². The van der Waals surface area contributed by atoms with Gasteiger partial charge in [-0.2, -0.15) is 0 Å². The summed E-state index contributed by atoms with van der Waals surface area (Å²) in [6.07, 6.45) is 7.12. The van der Waals surface area contributed by atoms with Crippen LogP contribution in [0.3, 0.4) is 0 Å². The van der Waals surface area contributed by atoms with Crippen molar-refractivity contribution < 1.29 is 16.4 Å². The normalized spacial score (nSPS) is 16.9. The molecule has 0 fully saturated rings. The van der Waals surface area contributed by atoms with Crippen LogP contribution in [0.2, 0.25) is 78.6 Å². The molecule has 2 aliphatic carbocycles. The Labute approximate surface area is 508 Å². The van der Waals surface area contributed by atoms with Crippen LogP contribution >= 0.6 is 17.0 Å². The monoisotopic (exact) mass is 1280 g/mol.